The van der Waals surface area contributed by atoms with Crippen molar-refractivity contribution in [3.63, 3.8) is 0 Å². The zero-order chi connectivity index (χ0) is 11.4. The molecule has 78 valence electrons. The van der Waals surface area contributed by atoms with Gasteiger partial charge in [0.1, 0.15) is 17.4 Å². The third-order valence-corrected chi connectivity index (χ3v) is 1.89. The van der Waals surface area contributed by atoms with E-state index >= 15 is 0 Å². The molecule has 0 fully saturated rings. The number of nitro benzene ring substituents is 1. The van der Waals surface area contributed by atoms with E-state index in [1.165, 1.54) is 13.2 Å². The Labute approximate surface area is 85.5 Å². The summed E-state index contributed by atoms with van der Waals surface area (Å²) in [6, 6.07) is 4.08. The molecule has 0 spiro atoms. The van der Waals surface area contributed by atoms with E-state index in [4.69, 9.17) is 15.1 Å². The molecule has 6 heteroatoms. The predicted octanol–water partition coefficient (Wildman–Crippen LogP) is 0.967. The fourth-order valence-corrected chi connectivity index (χ4v) is 1.17. The van der Waals surface area contributed by atoms with Crippen LogP contribution in [-0.4, -0.2) is 17.1 Å². The van der Waals surface area contributed by atoms with Crippen molar-refractivity contribution in [3.05, 3.63) is 33.4 Å². The Balaban J connectivity index is 3.42. The van der Waals surface area contributed by atoms with Gasteiger partial charge in [-0.3, -0.25) is 10.1 Å². The van der Waals surface area contributed by atoms with E-state index in [9.17, 15) is 10.1 Å². The van der Waals surface area contributed by atoms with E-state index in [-0.39, 0.29) is 29.2 Å². The van der Waals surface area contributed by atoms with Crippen molar-refractivity contribution in [1.29, 1.82) is 5.26 Å². The van der Waals surface area contributed by atoms with E-state index in [0.717, 1.165) is 6.07 Å². The number of aliphatic hydroxyl groups excluding tert-OH is 1. The quantitative estimate of drug-likeness (QED) is 0.589. The summed E-state index contributed by atoms with van der Waals surface area (Å²) in [5, 5.41) is 28.2. The molecular weight excluding hydrogens is 200 g/mol. The van der Waals surface area contributed by atoms with Crippen LogP contribution in [0.1, 0.15) is 11.1 Å². The molecule has 0 saturated heterocycles. The zero-order valence-electron chi connectivity index (χ0n) is 7.93. The summed E-state index contributed by atoms with van der Waals surface area (Å²) >= 11 is 0. The highest BCUT2D eigenvalue weighted by atomic mass is 16.6. The van der Waals surface area contributed by atoms with Crippen LogP contribution in [0.5, 0.6) is 5.75 Å². The first kappa shape index (κ1) is 10.9. The first-order chi connectivity index (χ1) is 7.13. The van der Waals surface area contributed by atoms with E-state index in [2.05, 4.69) is 0 Å². The molecule has 0 amide bonds. The van der Waals surface area contributed by atoms with Crippen molar-refractivity contribution in [2.45, 2.75) is 6.61 Å². The van der Waals surface area contributed by atoms with Gasteiger partial charge in [0.25, 0.3) is 5.69 Å². The second-order valence-corrected chi connectivity index (χ2v) is 2.71. The van der Waals surface area contributed by atoms with Gasteiger partial charge in [0.05, 0.1) is 18.6 Å². The van der Waals surface area contributed by atoms with Gasteiger partial charge in [0.2, 0.25) is 0 Å². The summed E-state index contributed by atoms with van der Waals surface area (Å²) in [6.45, 7) is -0.379. The Hall–Kier alpha value is -2.13. The Morgan fingerprint density at radius 3 is 2.73 bits per heavy atom. The molecule has 1 N–H and O–H groups in total. The Morgan fingerprint density at radius 2 is 2.33 bits per heavy atom. The van der Waals surface area contributed by atoms with Gasteiger partial charge in [0, 0.05) is 17.7 Å². The minimum absolute atomic E-state index is 0.0888. The van der Waals surface area contributed by atoms with Crippen LogP contribution in [0.15, 0.2) is 12.1 Å². The molecule has 6 nitrogen and oxygen atoms in total. The largest absolute Gasteiger partial charge is 0.496 e. The number of rotatable bonds is 3. The number of hydrogen-bond acceptors (Lipinski definition) is 5. The van der Waals surface area contributed by atoms with Gasteiger partial charge < -0.3 is 9.84 Å². The predicted molar refractivity (Wildman–Crippen MR) is 50.3 cm³/mol. The number of nitriles is 1. The summed E-state index contributed by atoms with van der Waals surface area (Å²) in [6.07, 6.45) is 0. The number of nitro groups is 1. The van der Waals surface area contributed by atoms with Gasteiger partial charge in [0.15, 0.2) is 0 Å². The molecule has 1 aromatic rings. The lowest BCUT2D eigenvalue weighted by Gasteiger charge is -2.06. The topological polar surface area (TPSA) is 96.4 Å². The molecule has 0 unspecified atom stereocenters. The van der Waals surface area contributed by atoms with Crippen LogP contribution in [0.3, 0.4) is 0 Å². The van der Waals surface area contributed by atoms with Crippen LogP contribution in [-0.2, 0) is 6.61 Å². The number of benzene rings is 1. The molecule has 15 heavy (non-hydrogen) atoms. The zero-order valence-corrected chi connectivity index (χ0v) is 7.93. The summed E-state index contributed by atoms with van der Waals surface area (Å²) in [7, 11) is 1.36. The van der Waals surface area contributed by atoms with Gasteiger partial charge >= 0.3 is 0 Å². The summed E-state index contributed by atoms with van der Waals surface area (Å²) in [5.74, 6) is 0.264. The third-order valence-electron chi connectivity index (χ3n) is 1.89. The lowest BCUT2D eigenvalue weighted by atomic mass is 10.1. The highest BCUT2D eigenvalue weighted by Gasteiger charge is 2.17. The second kappa shape index (κ2) is 4.39. The highest BCUT2D eigenvalue weighted by Crippen LogP contribution is 2.28. The van der Waals surface area contributed by atoms with Crippen LogP contribution in [0.4, 0.5) is 5.69 Å². The number of aliphatic hydroxyl groups is 1. The molecule has 0 heterocycles. The molecule has 1 rings (SSSR count). The van der Waals surface area contributed by atoms with Crippen molar-refractivity contribution >= 4 is 5.69 Å². The molecule has 0 aliphatic rings. The van der Waals surface area contributed by atoms with Crippen LogP contribution < -0.4 is 4.74 Å². The van der Waals surface area contributed by atoms with Gasteiger partial charge in [-0.1, -0.05) is 0 Å². The average Bonchev–Trinajstić information content (AvgIpc) is 2.26. The Bertz CT molecular complexity index is 436. The van der Waals surface area contributed by atoms with Crippen LogP contribution in [0, 0.1) is 21.4 Å². The molecule has 0 radical (unpaired) electrons. The molecule has 0 bridgehead atoms. The van der Waals surface area contributed by atoms with Gasteiger partial charge in [-0.25, -0.2) is 0 Å². The lowest BCUT2D eigenvalue weighted by Crippen LogP contribution is -1.98. The molecule has 0 aromatic heterocycles. The van der Waals surface area contributed by atoms with Crippen LogP contribution >= 0.6 is 0 Å². The number of hydrogen-bond donors (Lipinski definition) is 1. The lowest BCUT2D eigenvalue weighted by molar-refractivity contribution is -0.385. The molecule has 1 aromatic carbocycles. The van der Waals surface area contributed by atoms with E-state index < -0.39 is 4.92 Å². The standard InChI is InChI=1S/C9H8N2O4/c1-15-9-3-6(4-10)8(11(13)14)2-7(9)5-12/h2-3,12H,5H2,1H3. The van der Waals surface area contributed by atoms with Crippen LogP contribution in [0.25, 0.3) is 0 Å². The molecule has 0 atom stereocenters. The van der Waals surface area contributed by atoms with Gasteiger partial charge in [-0.05, 0) is 0 Å². The highest BCUT2D eigenvalue weighted by molar-refractivity contribution is 5.55. The SMILES string of the molecule is COc1cc(C#N)c([N+](=O)[O-])cc1CO. The monoisotopic (exact) mass is 208 g/mol. The maximum Gasteiger partial charge on any atom is 0.287 e. The summed E-state index contributed by atoms with van der Waals surface area (Å²) in [5.41, 5.74) is -0.139. The van der Waals surface area contributed by atoms with Crippen molar-refractivity contribution in [3.8, 4) is 11.8 Å². The molecular formula is C9H8N2O4. The van der Waals surface area contributed by atoms with E-state index in [1.807, 2.05) is 0 Å². The number of nitrogens with zero attached hydrogens (tertiary/aromatic N) is 2. The fraction of sp³-hybridized carbons (Fsp3) is 0.222. The maximum absolute atomic E-state index is 10.6. The van der Waals surface area contributed by atoms with Gasteiger partial charge in [-0.15, -0.1) is 0 Å². The minimum Gasteiger partial charge on any atom is -0.496 e. The molecule has 0 aliphatic carbocycles. The van der Waals surface area contributed by atoms with E-state index in [0.29, 0.717) is 0 Å². The first-order valence-electron chi connectivity index (χ1n) is 4.00. The maximum atomic E-state index is 10.6. The molecule has 0 aliphatic heterocycles. The number of methoxy groups -OCH3 is 1. The normalized spacial score (nSPS) is 9.40. The fourth-order valence-electron chi connectivity index (χ4n) is 1.17. The smallest absolute Gasteiger partial charge is 0.287 e. The van der Waals surface area contributed by atoms with Crippen molar-refractivity contribution < 1.29 is 14.8 Å². The second-order valence-electron chi connectivity index (χ2n) is 2.71. The van der Waals surface area contributed by atoms with Crippen molar-refractivity contribution in [1.82, 2.24) is 0 Å². The third kappa shape index (κ3) is 2.03. The summed E-state index contributed by atoms with van der Waals surface area (Å²) in [4.78, 5) is 9.91. The molecule has 0 saturated carbocycles. The van der Waals surface area contributed by atoms with Crippen molar-refractivity contribution in [2.75, 3.05) is 7.11 Å². The first-order valence-corrected chi connectivity index (χ1v) is 4.00. The van der Waals surface area contributed by atoms with E-state index in [1.54, 1.807) is 6.07 Å². The number of ether oxygens (including phenoxy) is 1. The Kier molecular flexibility index (Phi) is 3.21. The summed E-state index contributed by atoms with van der Waals surface area (Å²) < 4.78 is 4.88. The minimum atomic E-state index is -0.669. The van der Waals surface area contributed by atoms with Crippen LogP contribution in [0.2, 0.25) is 0 Å². The average molecular weight is 208 g/mol. The Morgan fingerprint density at radius 1 is 1.67 bits per heavy atom. The van der Waals surface area contributed by atoms with Crippen molar-refractivity contribution in [2.24, 2.45) is 0 Å². The van der Waals surface area contributed by atoms with Gasteiger partial charge in [-0.2, -0.15) is 5.26 Å².